The molecular weight excluding hydrogens is 417 g/mol. The van der Waals surface area contributed by atoms with Gasteiger partial charge in [-0.05, 0) is 68.6 Å². The molecule has 0 heterocycles. The minimum Gasteiger partial charge on any atom is -0.272 e. The molecule has 0 unspecified atom stereocenters. The van der Waals surface area contributed by atoms with Crippen molar-refractivity contribution < 1.29 is 21.7 Å². The zero-order valence-corrected chi connectivity index (χ0v) is 23.5. The average molecular weight is 468 g/mol. The van der Waals surface area contributed by atoms with E-state index in [-0.39, 0.29) is 21.7 Å². The van der Waals surface area contributed by atoms with Gasteiger partial charge in [0.1, 0.15) is 0 Å². The molecular formula is C27H50NPTi. The third-order valence-corrected chi connectivity index (χ3v) is 9.45. The van der Waals surface area contributed by atoms with Crippen molar-refractivity contribution in [2.45, 2.75) is 86.5 Å². The van der Waals surface area contributed by atoms with Gasteiger partial charge in [-0.25, -0.2) is 0 Å². The number of nitrogens with zero attached hydrogens (tertiary/aromatic N) is 1. The van der Waals surface area contributed by atoms with Gasteiger partial charge in [-0.1, -0.05) is 98.3 Å². The van der Waals surface area contributed by atoms with Gasteiger partial charge in [-0.2, -0.15) is 0 Å². The predicted octanol–water partition coefficient (Wildman–Crippen LogP) is 9.70. The van der Waals surface area contributed by atoms with E-state index in [1.54, 1.807) is 12.2 Å². The third-order valence-electron chi connectivity index (χ3n) is 5.33. The monoisotopic (exact) mass is 467 g/mol. The molecule has 0 aliphatic heterocycles. The predicted molar refractivity (Wildman–Crippen MR) is 138 cm³/mol. The van der Waals surface area contributed by atoms with Gasteiger partial charge < -0.3 is 0 Å². The molecule has 30 heavy (non-hydrogen) atoms. The Morgan fingerprint density at radius 2 is 1.23 bits per heavy atom. The summed E-state index contributed by atoms with van der Waals surface area (Å²) in [4.78, 5) is 0. The Bertz CT molecular complexity index is 506. The van der Waals surface area contributed by atoms with Crippen LogP contribution >= 0.6 is 7.05 Å². The Labute approximate surface area is 204 Å². The normalized spacial score (nSPS) is 13.0. The van der Waals surface area contributed by atoms with Crippen molar-refractivity contribution in [3.63, 3.8) is 0 Å². The summed E-state index contributed by atoms with van der Waals surface area (Å²) in [5.74, 6) is 2.46. The number of allylic oxidation sites excluding steroid dienone is 5. The van der Waals surface area contributed by atoms with Gasteiger partial charge in [-0.15, -0.1) is 0 Å². The van der Waals surface area contributed by atoms with Crippen LogP contribution in [0.2, 0.25) is 0 Å². The minimum atomic E-state index is -1.20. The molecule has 0 spiro atoms. The van der Waals surface area contributed by atoms with Crippen molar-refractivity contribution in [2.75, 3.05) is 18.5 Å². The third kappa shape index (κ3) is 17.6. The Hall–Kier alpha value is -0.0957. The van der Waals surface area contributed by atoms with Crippen LogP contribution in [0.3, 0.4) is 0 Å². The standard InChI is InChI=1S/C23H44NP.C4H6.Ti/c1-20(2)12-9-17-25(18-10-13-21(3)4,19-11-14-22(5)6)24-23-15-7-8-16-23;1-3-4-2;/h7-8,15,20-22H,9-14,16-19H2,1-6H3;3-4H,1-2H2;. The Balaban J connectivity index is 0. The maximum atomic E-state index is 5.51. The fraction of sp³-hybridized carbons (Fsp3) is 0.704. The summed E-state index contributed by atoms with van der Waals surface area (Å²) in [5.41, 5.74) is 1.37. The molecule has 0 N–H and O–H groups in total. The van der Waals surface area contributed by atoms with Crippen LogP contribution in [0.15, 0.2) is 54.0 Å². The first kappa shape index (κ1) is 32.1. The fourth-order valence-electron chi connectivity index (χ4n) is 3.65. The Morgan fingerprint density at radius 1 is 0.833 bits per heavy atom. The van der Waals surface area contributed by atoms with E-state index in [2.05, 4.69) is 72.9 Å². The van der Waals surface area contributed by atoms with E-state index in [1.807, 2.05) is 0 Å². The maximum absolute atomic E-state index is 5.51. The zero-order chi connectivity index (χ0) is 22.1. The first-order valence-electron chi connectivity index (χ1n) is 11.9. The average Bonchev–Trinajstić information content (AvgIpc) is 3.13. The summed E-state index contributed by atoms with van der Waals surface area (Å²) in [5, 5.41) is 0. The molecule has 172 valence electrons. The topological polar surface area (TPSA) is 12.4 Å². The van der Waals surface area contributed by atoms with Crippen molar-refractivity contribution >= 4 is 7.05 Å². The molecule has 1 aliphatic rings. The Morgan fingerprint density at radius 3 is 1.50 bits per heavy atom. The summed E-state index contributed by atoms with van der Waals surface area (Å²) >= 11 is 0. The van der Waals surface area contributed by atoms with Crippen LogP contribution < -0.4 is 0 Å². The molecule has 1 nitrogen and oxygen atoms in total. The molecule has 0 atom stereocenters. The van der Waals surface area contributed by atoms with Gasteiger partial charge in [0.15, 0.2) is 0 Å². The summed E-state index contributed by atoms with van der Waals surface area (Å²) < 4.78 is 5.51. The van der Waals surface area contributed by atoms with Gasteiger partial charge in [0, 0.05) is 33.8 Å². The van der Waals surface area contributed by atoms with Crippen LogP contribution in [0.5, 0.6) is 0 Å². The van der Waals surface area contributed by atoms with Crippen LogP contribution in [0, 0.1) is 17.8 Å². The second-order valence-electron chi connectivity index (χ2n) is 9.74. The summed E-state index contributed by atoms with van der Waals surface area (Å²) in [6, 6.07) is 0. The van der Waals surface area contributed by atoms with Crippen LogP contribution in [0.1, 0.15) is 86.5 Å². The van der Waals surface area contributed by atoms with Crippen molar-refractivity contribution in [3.8, 4) is 0 Å². The number of rotatable bonds is 14. The zero-order valence-electron chi connectivity index (χ0n) is 21.0. The van der Waals surface area contributed by atoms with E-state index in [9.17, 15) is 0 Å². The van der Waals surface area contributed by atoms with Gasteiger partial charge in [-0.3, -0.25) is 4.74 Å². The molecule has 0 bridgehead atoms. The molecule has 0 fully saturated rings. The molecule has 1 rings (SSSR count). The second-order valence-corrected chi connectivity index (χ2v) is 13.5. The van der Waals surface area contributed by atoms with Gasteiger partial charge >= 0.3 is 0 Å². The molecule has 0 radical (unpaired) electrons. The smallest absolute Gasteiger partial charge is 0.0425 e. The molecule has 1 aliphatic carbocycles. The molecule has 0 saturated heterocycles. The largest absolute Gasteiger partial charge is 0.272 e. The molecule has 0 aromatic heterocycles. The van der Waals surface area contributed by atoms with Gasteiger partial charge in [0.05, 0.1) is 0 Å². The first-order chi connectivity index (χ1) is 13.7. The van der Waals surface area contributed by atoms with E-state index >= 15 is 0 Å². The van der Waals surface area contributed by atoms with Crippen LogP contribution in [-0.2, 0) is 21.7 Å². The minimum absolute atomic E-state index is 0. The quantitative estimate of drug-likeness (QED) is 0.137. The van der Waals surface area contributed by atoms with Crippen molar-refractivity contribution in [3.05, 3.63) is 49.2 Å². The second kappa shape index (κ2) is 19.6. The molecule has 0 saturated carbocycles. The van der Waals surface area contributed by atoms with E-state index in [1.165, 1.54) is 62.7 Å². The van der Waals surface area contributed by atoms with E-state index in [0.29, 0.717) is 0 Å². The number of hydrogen-bond acceptors (Lipinski definition) is 1. The van der Waals surface area contributed by atoms with E-state index in [0.717, 1.165) is 24.2 Å². The summed E-state index contributed by atoms with van der Waals surface area (Å²) in [7, 11) is -1.20. The van der Waals surface area contributed by atoms with Crippen LogP contribution in [0.4, 0.5) is 0 Å². The SMILES string of the molecule is C=CC=C.CC(C)CCCP(CCCC(C)C)(CCCC(C)C)=NC1=CC=CC1.[Ti]. The van der Waals surface area contributed by atoms with Gasteiger partial charge in [0.25, 0.3) is 0 Å². The van der Waals surface area contributed by atoms with Gasteiger partial charge in [0.2, 0.25) is 0 Å². The first-order valence-corrected chi connectivity index (χ1v) is 14.2. The number of hydrogen-bond donors (Lipinski definition) is 0. The summed E-state index contributed by atoms with van der Waals surface area (Å²) in [6.07, 6.45) is 23.5. The van der Waals surface area contributed by atoms with E-state index < -0.39 is 7.05 Å². The van der Waals surface area contributed by atoms with Crippen molar-refractivity contribution in [2.24, 2.45) is 22.5 Å². The maximum Gasteiger partial charge on any atom is 0.0425 e. The molecule has 0 aromatic rings. The molecule has 0 amide bonds. The van der Waals surface area contributed by atoms with E-state index in [4.69, 9.17) is 4.74 Å². The van der Waals surface area contributed by atoms with Crippen LogP contribution in [0.25, 0.3) is 0 Å². The van der Waals surface area contributed by atoms with Crippen molar-refractivity contribution in [1.29, 1.82) is 0 Å². The summed E-state index contributed by atoms with van der Waals surface area (Å²) in [6.45, 7) is 20.9. The molecule has 3 heteroatoms. The van der Waals surface area contributed by atoms with Crippen LogP contribution in [-0.4, -0.2) is 18.5 Å². The van der Waals surface area contributed by atoms with Crippen molar-refractivity contribution in [1.82, 2.24) is 0 Å². The molecule has 0 aromatic carbocycles. The Kier molecular flexibility index (Phi) is 20.9. The fourth-order valence-corrected chi connectivity index (χ4v) is 7.63.